The largest absolute Gasteiger partial charge is 0.444 e. The third-order valence-corrected chi connectivity index (χ3v) is 4.23. The third kappa shape index (κ3) is 5.48. The van der Waals surface area contributed by atoms with Crippen molar-refractivity contribution in [3.05, 3.63) is 23.9 Å². The maximum atomic E-state index is 12.1. The maximum Gasteiger partial charge on any atom is 0.413 e. The number of rotatable bonds is 5. The molecule has 1 saturated heterocycles. The molecular weight excluding hydrogens is 302 g/mol. The molecule has 2 rings (SSSR count). The van der Waals surface area contributed by atoms with E-state index >= 15 is 0 Å². The van der Waals surface area contributed by atoms with Gasteiger partial charge in [-0.05, 0) is 59.2 Å². The first-order chi connectivity index (χ1) is 11.4. The smallest absolute Gasteiger partial charge is 0.413 e. The fourth-order valence-electron chi connectivity index (χ4n) is 3.16. The van der Waals surface area contributed by atoms with Crippen LogP contribution >= 0.6 is 0 Å². The number of nitrogens with one attached hydrogen (secondary N) is 1. The van der Waals surface area contributed by atoms with Crippen LogP contribution in [0.3, 0.4) is 0 Å². The summed E-state index contributed by atoms with van der Waals surface area (Å²) in [5.74, 6) is 0.625. The number of ether oxygens (including phenoxy) is 1. The van der Waals surface area contributed by atoms with Crippen LogP contribution in [0.15, 0.2) is 18.3 Å². The topological polar surface area (TPSA) is 54.5 Å². The van der Waals surface area contributed by atoms with E-state index in [1.54, 1.807) is 6.20 Å². The van der Waals surface area contributed by atoms with Crippen LogP contribution in [0.2, 0.25) is 0 Å². The van der Waals surface area contributed by atoms with Crippen LogP contribution in [-0.4, -0.2) is 34.7 Å². The van der Waals surface area contributed by atoms with Gasteiger partial charge in [0.2, 0.25) is 0 Å². The summed E-state index contributed by atoms with van der Waals surface area (Å²) < 4.78 is 5.37. The highest BCUT2D eigenvalue weighted by Crippen LogP contribution is 2.34. The van der Waals surface area contributed by atoms with Gasteiger partial charge in [-0.1, -0.05) is 25.8 Å². The van der Waals surface area contributed by atoms with Crippen molar-refractivity contribution >= 4 is 11.9 Å². The van der Waals surface area contributed by atoms with Gasteiger partial charge in [0.15, 0.2) is 0 Å². The Morgan fingerprint density at radius 2 is 2.21 bits per heavy atom. The molecule has 0 spiro atoms. The summed E-state index contributed by atoms with van der Waals surface area (Å²) in [5.41, 5.74) is 0.580. The molecule has 1 aromatic heterocycles. The number of carbonyl (C=O) groups excluding carboxylic acids is 1. The maximum absolute atomic E-state index is 12.1. The number of amides is 1. The fraction of sp³-hybridized carbons (Fsp3) is 0.684. The van der Waals surface area contributed by atoms with Crippen molar-refractivity contribution in [3.8, 4) is 0 Å². The molecule has 5 heteroatoms. The molecule has 1 N–H and O–H groups in total. The minimum Gasteiger partial charge on any atom is -0.444 e. The molecule has 24 heavy (non-hydrogen) atoms. The van der Waals surface area contributed by atoms with Crippen molar-refractivity contribution < 1.29 is 9.53 Å². The molecule has 1 fully saturated rings. The molecule has 1 aliphatic heterocycles. The van der Waals surface area contributed by atoms with Crippen LogP contribution in [0, 0.1) is 0 Å². The van der Waals surface area contributed by atoms with Crippen molar-refractivity contribution in [3.63, 3.8) is 0 Å². The molecular formula is C19H31N3O2. The van der Waals surface area contributed by atoms with E-state index in [9.17, 15) is 4.79 Å². The second-order valence-corrected chi connectivity index (χ2v) is 7.47. The zero-order valence-corrected chi connectivity index (χ0v) is 15.5. The third-order valence-electron chi connectivity index (χ3n) is 4.23. The van der Waals surface area contributed by atoms with Gasteiger partial charge in [-0.3, -0.25) is 10.2 Å². The highest BCUT2D eigenvalue weighted by atomic mass is 16.6. The number of pyridine rings is 1. The SMILES string of the molecule is CCCCN1CCCC[C@H]1c1cccnc1NC(=O)OC(C)(C)C. The zero-order valence-electron chi connectivity index (χ0n) is 15.5. The average Bonchev–Trinajstić information content (AvgIpc) is 2.52. The Kier molecular flexibility index (Phi) is 6.60. The Labute approximate surface area is 145 Å². The van der Waals surface area contributed by atoms with Crippen molar-refractivity contribution in [1.82, 2.24) is 9.88 Å². The number of hydrogen-bond acceptors (Lipinski definition) is 4. The van der Waals surface area contributed by atoms with Crippen molar-refractivity contribution in [2.45, 2.75) is 71.4 Å². The lowest BCUT2D eigenvalue weighted by atomic mass is 9.95. The first-order valence-corrected chi connectivity index (χ1v) is 9.09. The lowest BCUT2D eigenvalue weighted by Crippen LogP contribution is -2.35. The van der Waals surface area contributed by atoms with E-state index in [1.807, 2.05) is 26.8 Å². The number of unbranched alkanes of at least 4 members (excludes halogenated alkanes) is 1. The normalized spacial score (nSPS) is 19.1. The quantitative estimate of drug-likeness (QED) is 0.844. The summed E-state index contributed by atoms with van der Waals surface area (Å²) in [7, 11) is 0. The lowest BCUT2D eigenvalue weighted by molar-refractivity contribution is 0.0634. The van der Waals surface area contributed by atoms with Crippen LogP contribution in [-0.2, 0) is 4.74 Å². The molecule has 0 saturated carbocycles. The molecule has 1 aliphatic rings. The number of piperidine rings is 1. The van der Waals surface area contributed by atoms with E-state index in [0.717, 1.165) is 25.1 Å². The average molecular weight is 333 g/mol. The molecule has 0 unspecified atom stereocenters. The Hall–Kier alpha value is -1.62. The molecule has 0 aromatic carbocycles. The van der Waals surface area contributed by atoms with Gasteiger partial charge in [0, 0.05) is 17.8 Å². The number of aromatic nitrogens is 1. The first kappa shape index (κ1) is 18.7. The Bertz CT molecular complexity index is 540. The number of nitrogens with zero attached hydrogens (tertiary/aromatic N) is 2. The van der Waals surface area contributed by atoms with Crippen molar-refractivity contribution in [2.75, 3.05) is 18.4 Å². The van der Waals surface area contributed by atoms with Gasteiger partial charge in [-0.2, -0.15) is 0 Å². The number of carbonyl (C=O) groups is 1. The summed E-state index contributed by atoms with van der Waals surface area (Å²) in [6.45, 7) is 10.0. The Morgan fingerprint density at radius 1 is 1.42 bits per heavy atom. The summed E-state index contributed by atoms with van der Waals surface area (Å²) in [6, 6.07) is 4.35. The molecule has 1 amide bonds. The zero-order chi connectivity index (χ0) is 17.6. The van der Waals surface area contributed by atoms with Gasteiger partial charge in [0.05, 0.1) is 0 Å². The van der Waals surface area contributed by atoms with Crippen LogP contribution in [0.5, 0.6) is 0 Å². The van der Waals surface area contributed by atoms with Gasteiger partial charge in [0.1, 0.15) is 11.4 Å². The minimum absolute atomic E-state index is 0.323. The molecule has 2 heterocycles. The minimum atomic E-state index is -0.517. The standard InChI is InChI=1S/C19H31N3O2/c1-5-6-13-22-14-8-7-11-16(22)15-10-9-12-20-17(15)21-18(23)24-19(2,3)4/h9-10,12,16H,5-8,11,13-14H2,1-4H3,(H,20,21,23)/t16-/m0/s1. The Balaban J connectivity index is 2.15. The molecule has 1 aromatic rings. The van der Waals surface area contributed by atoms with Gasteiger partial charge in [-0.15, -0.1) is 0 Å². The van der Waals surface area contributed by atoms with Crippen molar-refractivity contribution in [1.29, 1.82) is 0 Å². The van der Waals surface area contributed by atoms with Gasteiger partial charge in [0.25, 0.3) is 0 Å². The summed E-state index contributed by atoms with van der Waals surface area (Å²) in [6.07, 6.45) is 7.24. The second-order valence-electron chi connectivity index (χ2n) is 7.47. The summed E-state index contributed by atoms with van der Waals surface area (Å²) >= 11 is 0. The first-order valence-electron chi connectivity index (χ1n) is 9.09. The van der Waals surface area contributed by atoms with E-state index in [0.29, 0.717) is 11.9 Å². The number of hydrogen-bond donors (Lipinski definition) is 1. The van der Waals surface area contributed by atoms with Crippen LogP contribution in [0.4, 0.5) is 10.6 Å². The predicted octanol–water partition coefficient (Wildman–Crippen LogP) is 4.76. The van der Waals surface area contributed by atoms with Crippen LogP contribution in [0.1, 0.15) is 71.4 Å². The van der Waals surface area contributed by atoms with Gasteiger partial charge < -0.3 is 4.74 Å². The highest BCUT2D eigenvalue weighted by molar-refractivity contribution is 5.84. The lowest BCUT2D eigenvalue weighted by Gasteiger charge is -2.36. The Morgan fingerprint density at radius 3 is 2.92 bits per heavy atom. The van der Waals surface area contributed by atoms with E-state index in [2.05, 4.69) is 28.2 Å². The van der Waals surface area contributed by atoms with E-state index in [4.69, 9.17) is 4.74 Å². The summed E-state index contributed by atoms with van der Waals surface area (Å²) in [5, 5.41) is 2.84. The summed E-state index contributed by atoms with van der Waals surface area (Å²) in [4.78, 5) is 19.1. The predicted molar refractivity (Wildman–Crippen MR) is 97.2 cm³/mol. The molecule has 0 aliphatic carbocycles. The molecule has 134 valence electrons. The highest BCUT2D eigenvalue weighted by Gasteiger charge is 2.27. The van der Waals surface area contributed by atoms with E-state index < -0.39 is 11.7 Å². The van der Waals surface area contributed by atoms with Gasteiger partial charge >= 0.3 is 6.09 Å². The monoisotopic (exact) mass is 333 g/mol. The molecule has 0 radical (unpaired) electrons. The van der Waals surface area contributed by atoms with E-state index in [1.165, 1.54) is 25.7 Å². The van der Waals surface area contributed by atoms with Gasteiger partial charge in [-0.25, -0.2) is 9.78 Å². The second kappa shape index (κ2) is 8.47. The van der Waals surface area contributed by atoms with E-state index in [-0.39, 0.29) is 0 Å². The number of anilines is 1. The van der Waals surface area contributed by atoms with Crippen LogP contribution in [0.25, 0.3) is 0 Å². The molecule has 0 bridgehead atoms. The number of likely N-dealkylation sites (tertiary alicyclic amines) is 1. The van der Waals surface area contributed by atoms with Crippen molar-refractivity contribution in [2.24, 2.45) is 0 Å². The molecule has 5 nitrogen and oxygen atoms in total. The van der Waals surface area contributed by atoms with Crippen LogP contribution < -0.4 is 5.32 Å². The fourth-order valence-corrected chi connectivity index (χ4v) is 3.16. The molecule has 1 atom stereocenters.